The van der Waals surface area contributed by atoms with Crippen LogP contribution in [-0.4, -0.2) is 18.7 Å². The summed E-state index contributed by atoms with van der Waals surface area (Å²) in [5.74, 6) is 0.821. The van der Waals surface area contributed by atoms with E-state index >= 15 is 0 Å². The summed E-state index contributed by atoms with van der Waals surface area (Å²) in [5.41, 5.74) is 1.00. The zero-order valence-electron chi connectivity index (χ0n) is 6.56. The van der Waals surface area contributed by atoms with E-state index < -0.39 is 7.12 Å². The molecule has 2 rings (SSSR count). The molecule has 0 radical (unpaired) electrons. The van der Waals surface area contributed by atoms with Crippen molar-refractivity contribution in [3.63, 3.8) is 0 Å². The first-order valence-corrected chi connectivity index (χ1v) is 3.89. The Labute approximate surface area is 70.8 Å². The molecule has 1 aromatic heterocycles. The summed E-state index contributed by atoms with van der Waals surface area (Å²) in [5, 5.41) is 9.03. The minimum absolute atomic E-state index is 0.425. The zero-order valence-corrected chi connectivity index (χ0v) is 6.56. The van der Waals surface area contributed by atoms with Crippen LogP contribution >= 0.6 is 0 Å². The van der Waals surface area contributed by atoms with Gasteiger partial charge in [0, 0.05) is 11.9 Å². The Morgan fingerprint density at radius 3 is 3.00 bits per heavy atom. The van der Waals surface area contributed by atoms with Crippen LogP contribution in [0.3, 0.4) is 0 Å². The maximum Gasteiger partial charge on any atom is 0.458 e. The maximum absolute atomic E-state index is 9.03. The van der Waals surface area contributed by atoms with Gasteiger partial charge in [0.15, 0.2) is 0 Å². The van der Waals surface area contributed by atoms with Crippen LogP contribution in [0.1, 0.15) is 5.76 Å². The van der Waals surface area contributed by atoms with Crippen LogP contribution in [0.25, 0.3) is 5.57 Å². The summed E-state index contributed by atoms with van der Waals surface area (Å²) < 4.78 is 10.2. The Kier molecular flexibility index (Phi) is 2.02. The second-order valence-corrected chi connectivity index (χ2v) is 2.71. The van der Waals surface area contributed by atoms with Crippen LogP contribution in [0.15, 0.2) is 28.9 Å². The van der Waals surface area contributed by atoms with Crippen LogP contribution in [0.2, 0.25) is 6.32 Å². The topological polar surface area (TPSA) is 42.6 Å². The lowest BCUT2D eigenvalue weighted by Crippen LogP contribution is -2.21. The molecule has 0 saturated carbocycles. The van der Waals surface area contributed by atoms with Crippen molar-refractivity contribution in [1.82, 2.24) is 0 Å². The average Bonchev–Trinajstić information content (AvgIpc) is 2.58. The van der Waals surface area contributed by atoms with E-state index in [9.17, 15) is 0 Å². The van der Waals surface area contributed by atoms with Gasteiger partial charge in [-0.1, -0.05) is 6.08 Å². The van der Waals surface area contributed by atoms with Gasteiger partial charge < -0.3 is 14.1 Å². The van der Waals surface area contributed by atoms with Gasteiger partial charge in [0.05, 0.1) is 12.9 Å². The standard InChI is InChI=1S/C8H9BO3/c10-9-4-3-7(6-12-9)8-2-1-5-11-8/h1-3,5,10H,4,6H2. The predicted octanol–water partition coefficient (Wildman–Crippen LogP) is 1.17. The van der Waals surface area contributed by atoms with Gasteiger partial charge in [-0.15, -0.1) is 0 Å². The molecule has 4 heteroatoms. The summed E-state index contributed by atoms with van der Waals surface area (Å²) in [6.45, 7) is 0.425. The van der Waals surface area contributed by atoms with E-state index in [1.54, 1.807) is 6.26 Å². The van der Waals surface area contributed by atoms with E-state index in [0.29, 0.717) is 12.9 Å². The molecule has 1 aliphatic heterocycles. The summed E-state index contributed by atoms with van der Waals surface area (Å²) in [6.07, 6.45) is 4.10. The lowest BCUT2D eigenvalue weighted by Gasteiger charge is -2.13. The van der Waals surface area contributed by atoms with Crippen LogP contribution in [-0.2, 0) is 4.65 Å². The Bertz CT molecular complexity index is 279. The van der Waals surface area contributed by atoms with Crippen molar-refractivity contribution < 1.29 is 14.1 Å². The highest BCUT2D eigenvalue weighted by atomic mass is 16.5. The molecule has 1 N–H and O–H groups in total. The summed E-state index contributed by atoms with van der Waals surface area (Å²) in [6, 6.07) is 3.72. The van der Waals surface area contributed by atoms with E-state index in [-0.39, 0.29) is 0 Å². The van der Waals surface area contributed by atoms with Crippen LogP contribution in [0, 0.1) is 0 Å². The third kappa shape index (κ3) is 1.44. The van der Waals surface area contributed by atoms with Crippen LogP contribution in [0.5, 0.6) is 0 Å². The van der Waals surface area contributed by atoms with E-state index in [2.05, 4.69) is 0 Å². The van der Waals surface area contributed by atoms with Gasteiger partial charge in [-0.05, 0) is 12.1 Å². The maximum atomic E-state index is 9.03. The fourth-order valence-corrected chi connectivity index (χ4v) is 1.19. The molecule has 0 fully saturated rings. The third-order valence-electron chi connectivity index (χ3n) is 1.83. The van der Waals surface area contributed by atoms with E-state index in [0.717, 1.165) is 11.3 Å². The summed E-state index contributed by atoms with van der Waals surface area (Å²) in [4.78, 5) is 0. The number of rotatable bonds is 1. The largest absolute Gasteiger partial charge is 0.465 e. The highest BCUT2D eigenvalue weighted by molar-refractivity contribution is 6.44. The van der Waals surface area contributed by atoms with Gasteiger partial charge in [-0.25, -0.2) is 0 Å². The summed E-state index contributed by atoms with van der Waals surface area (Å²) >= 11 is 0. The van der Waals surface area contributed by atoms with Gasteiger partial charge in [0.25, 0.3) is 0 Å². The van der Waals surface area contributed by atoms with E-state index in [1.807, 2.05) is 18.2 Å². The fourth-order valence-electron chi connectivity index (χ4n) is 1.19. The fraction of sp³-hybridized carbons (Fsp3) is 0.250. The molecule has 1 aromatic rings. The molecule has 2 heterocycles. The molecule has 0 bridgehead atoms. The van der Waals surface area contributed by atoms with E-state index in [1.165, 1.54) is 0 Å². The first-order chi connectivity index (χ1) is 5.86. The van der Waals surface area contributed by atoms with Crippen molar-refractivity contribution in [2.24, 2.45) is 0 Å². The Balaban J connectivity index is 2.16. The molecule has 0 saturated heterocycles. The average molecular weight is 164 g/mol. The van der Waals surface area contributed by atoms with Gasteiger partial charge in [-0.3, -0.25) is 0 Å². The molecule has 1 aliphatic rings. The molecular formula is C8H9BO3. The number of hydrogen-bond donors (Lipinski definition) is 1. The minimum Gasteiger partial charge on any atom is -0.465 e. The lowest BCUT2D eigenvalue weighted by molar-refractivity contribution is 0.291. The lowest BCUT2D eigenvalue weighted by atomic mass is 9.82. The van der Waals surface area contributed by atoms with Gasteiger partial charge in [0.1, 0.15) is 5.76 Å². The van der Waals surface area contributed by atoms with Crippen LogP contribution < -0.4 is 0 Å². The minimum atomic E-state index is -0.649. The third-order valence-corrected chi connectivity index (χ3v) is 1.83. The van der Waals surface area contributed by atoms with Crippen molar-refractivity contribution >= 4 is 12.7 Å². The van der Waals surface area contributed by atoms with Gasteiger partial charge >= 0.3 is 7.12 Å². The Morgan fingerprint density at radius 1 is 1.50 bits per heavy atom. The van der Waals surface area contributed by atoms with Gasteiger partial charge in [-0.2, -0.15) is 0 Å². The second kappa shape index (κ2) is 3.17. The Hall–Kier alpha value is -0.995. The molecule has 0 spiro atoms. The molecule has 12 heavy (non-hydrogen) atoms. The molecule has 0 aromatic carbocycles. The number of hydrogen-bond acceptors (Lipinski definition) is 3. The number of furan rings is 1. The zero-order chi connectivity index (χ0) is 8.39. The van der Waals surface area contributed by atoms with E-state index in [4.69, 9.17) is 14.1 Å². The predicted molar refractivity (Wildman–Crippen MR) is 45.4 cm³/mol. The number of allylic oxidation sites excluding steroid dienone is 1. The van der Waals surface area contributed by atoms with Crippen molar-refractivity contribution in [2.75, 3.05) is 6.61 Å². The monoisotopic (exact) mass is 164 g/mol. The molecular weight excluding hydrogens is 155 g/mol. The summed E-state index contributed by atoms with van der Waals surface area (Å²) in [7, 11) is -0.649. The molecule has 0 unspecified atom stereocenters. The Morgan fingerprint density at radius 2 is 2.42 bits per heavy atom. The van der Waals surface area contributed by atoms with Crippen LogP contribution in [0.4, 0.5) is 0 Å². The second-order valence-electron chi connectivity index (χ2n) is 2.71. The highest BCUT2D eigenvalue weighted by Gasteiger charge is 2.19. The first kappa shape index (κ1) is 7.64. The molecule has 3 nitrogen and oxygen atoms in total. The molecule has 0 aliphatic carbocycles. The molecule has 62 valence electrons. The molecule has 0 amide bonds. The van der Waals surface area contributed by atoms with Crippen molar-refractivity contribution in [3.8, 4) is 0 Å². The van der Waals surface area contributed by atoms with Crippen molar-refractivity contribution in [2.45, 2.75) is 6.32 Å². The molecule has 0 atom stereocenters. The normalized spacial score (nSPS) is 17.8. The van der Waals surface area contributed by atoms with Crippen molar-refractivity contribution in [3.05, 3.63) is 30.2 Å². The highest BCUT2D eigenvalue weighted by Crippen LogP contribution is 2.20. The first-order valence-electron chi connectivity index (χ1n) is 3.89. The quantitative estimate of drug-likeness (QED) is 0.633. The smallest absolute Gasteiger partial charge is 0.458 e. The van der Waals surface area contributed by atoms with Crippen molar-refractivity contribution in [1.29, 1.82) is 0 Å². The van der Waals surface area contributed by atoms with Gasteiger partial charge in [0.2, 0.25) is 0 Å². The SMILES string of the molecule is OB1CC=C(c2ccco2)CO1.